The molecule has 6 heteroatoms. The van der Waals surface area contributed by atoms with Gasteiger partial charge in [0.25, 0.3) is 0 Å². The molecule has 0 saturated heterocycles. The fourth-order valence-corrected chi connectivity index (χ4v) is 4.96. The quantitative estimate of drug-likeness (QED) is 0.376. The van der Waals surface area contributed by atoms with E-state index >= 15 is 0 Å². The van der Waals surface area contributed by atoms with Crippen molar-refractivity contribution in [1.82, 2.24) is 10.6 Å². The molecule has 0 radical (unpaired) electrons. The maximum absolute atomic E-state index is 13.9. The number of nitrogens with one attached hydrogen (secondary N) is 2. The van der Waals surface area contributed by atoms with Crippen LogP contribution in [0.2, 0.25) is 0 Å². The van der Waals surface area contributed by atoms with Crippen LogP contribution in [0.1, 0.15) is 70.9 Å². The van der Waals surface area contributed by atoms with Crippen LogP contribution in [0, 0.1) is 5.41 Å². The predicted octanol–water partition coefficient (Wildman–Crippen LogP) is 3.93. The SMILES string of the molecule is CC(C)(O)[C@@H](Cc1ccccc1)NC(=O)C1(C(=O)N[C@H](Cc2ccccc2)C(C)(C)O)CCCCC1. The number of aliphatic hydroxyl groups is 2. The molecule has 1 saturated carbocycles. The zero-order valence-electron chi connectivity index (χ0n) is 22.1. The van der Waals surface area contributed by atoms with Crippen LogP contribution >= 0.6 is 0 Å². The van der Waals surface area contributed by atoms with Crippen LogP contribution in [0.4, 0.5) is 0 Å². The van der Waals surface area contributed by atoms with Gasteiger partial charge in [0, 0.05) is 0 Å². The Balaban J connectivity index is 1.84. The summed E-state index contributed by atoms with van der Waals surface area (Å²) in [5.41, 5.74) is -1.60. The smallest absolute Gasteiger partial charge is 0.236 e. The largest absolute Gasteiger partial charge is 0.388 e. The van der Waals surface area contributed by atoms with Crippen molar-refractivity contribution < 1.29 is 19.8 Å². The molecule has 196 valence electrons. The number of carbonyl (C=O) groups is 2. The van der Waals surface area contributed by atoms with Gasteiger partial charge in [-0.15, -0.1) is 0 Å². The van der Waals surface area contributed by atoms with E-state index in [0.717, 1.165) is 30.4 Å². The summed E-state index contributed by atoms with van der Waals surface area (Å²) in [6.07, 6.45) is 4.32. The molecule has 3 rings (SSSR count). The van der Waals surface area contributed by atoms with Crippen molar-refractivity contribution in [3.05, 3.63) is 71.8 Å². The molecule has 0 aliphatic heterocycles. The Hall–Kier alpha value is -2.70. The molecule has 2 aromatic rings. The summed E-state index contributed by atoms with van der Waals surface area (Å²) < 4.78 is 0. The van der Waals surface area contributed by atoms with E-state index in [1.54, 1.807) is 27.7 Å². The molecular formula is C30H42N2O4. The molecule has 0 unspecified atom stereocenters. The lowest BCUT2D eigenvalue weighted by Gasteiger charge is -2.40. The maximum Gasteiger partial charge on any atom is 0.236 e. The van der Waals surface area contributed by atoms with Gasteiger partial charge in [-0.05, 0) is 64.5 Å². The third-order valence-electron chi connectivity index (χ3n) is 7.46. The minimum absolute atomic E-state index is 0.350. The minimum atomic E-state index is -1.24. The number of hydrogen-bond donors (Lipinski definition) is 4. The number of carbonyl (C=O) groups excluding carboxylic acids is 2. The molecule has 1 aliphatic rings. The van der Waals surface area contributed by atoms with Crippen LogP contribution in [0.5, 0.6) is 0 Å². The second kappa shape index (κ2) is 11.6. The summed E-state index contributed by atoms with van der Waals surface area (Å²) in [6.45, 7) is 6.72. The lowest BCUT2D eigenvalue weighted by Crippen LogP contribution is -2.61. The van der Waals surface area contributed by atoms with Crippen LogP contribution in [-0.4, -0.2) is 45.3 Å². The van der Waals surface area contributed by atoms with Crippen LogP contribution < -0.4 is 10.6 Å². The van der Waals surface area contributed by atoms with E-state index in [9.17, 15) is 19.8 Å². The first-order chi connectivity index (χ1) is 16.9. The first-order valence-electron chi connectivity index (χ1n) is 13.1. The topological polar surface area (TPSA) is 98.7 Å². The van der Waals surface area contributed by atoms with E-state index in [4.69, 9.17) is 0 Å². The Bertz CT molecular complexity index is 912. The van der Waals surface area contributed by atoms with Gasteiger partial charge in [0.1, 0.15) is 5.41 Å². The molecule has 1 aliphatic carbocycles. The number of rotatable bonds is 10. The maximum atomic E-state index is 13.9. The molecule has 2 atom stereocenters. The minimum Gasteiger partial charge on any atom is -0.388 e. The van der Waals surface area contributed by atoms with Gasteiger partial charge < -0.3 is 20.8 Å². The molecule has 0 spiro atoms. The van der Waals surface area contributed by atoms with E-state index in [-0.39, 0.29) is 11.8 Å². The molecule has 1 fully saturated rings. The summed E-state index contributed by atoms with van der Waals surface area (Å²) in [7, 11) is 0. The van der Waals surface area contributed by atoms with Crippen molar-refractivity contribution in [2.75, 3.05) is 0 Å². The standard InChI is InChI=1S/C30H42N2O4/c1-28(2,35)24(20-22-14-8-5-9-15-22)31-26(33)30(18-12-7-13-19-30)27(34)32-25(29(3,4)36)21-23-16-10-6-11-17-23/h5-6,8-11,14-17,24-25,35-36H,7,12-13,18-21H2,1-4H3,(H,31,33)(H,32,34)/t24-,25-/m1/s1. The number of benzene rings is 2. The summed E-state index contributed by atoms with van der Waals surface area (Å²) in [4.78, 5) is 27.7. The van der Waals surface area contributed by atoms with Crippen molar-refractivity contribution in [3.8, 4) is 0 Å². The Kier molecular flexibility index (Phi) is 8.96. The van der Waals surface area contributed by atoms with Crippen LogP contribution in [0.3, 0.4) is 0 Å². The average Bonchev–Trinajstić information content (AvgIpc) is 2.83. The zero-order valence-corrected chi connectivity index (χ0v) is 22.1. The van der Waals surface area contributed by atoms with Crippen molar-refractivity contribution in [3.63, 3.8) is 0 Å². The van der Waals surface area contributed by atoms with E-state index in [1.165, 1.54) is 0 Å². The monoisotopic (exact) mass is 494 g/mol. The van der Waals surface area contributed by atoms with Gasteiger partial charge in [-0.1, -0.05) is 79.9 Å². The molecule has 2 amide bonds. The third-order valence-corrected chi connectivity index (χ3v) is 7.46. The van der Waals surface area contributed by atoms with Crippen molar-refractivity contribution in [2.24, 2.45) is 5.41 Å². The van der Waals surface area contributed by atoms with Crippen molar-refractivity contribution in [2.45, 2.75) is 95.9 Å². The van der Waals surface area contributed by atoms with Gasteiger partial charge >= 0.3 is 0 Å². The van der Waals surface area contributed by atoms with Gasteiger partial charge in [-0.25, -0.2) is 0 Å². The van der Waals surface area contributed by atoms with Crippen molar-refractivity contribution >= 4 is 11.8 Å². The predicted molar refractivity (Wildman–Crippen MR) is 142 cm³/mol. The number of hydrogen-bond acceptors (Lipinski definition) is 4. The summed E-state index contributed by atoms with van der Waals surface area (Å²) in [5.74, 6) is -0.700. The lowest BCUT2D eigenvalue weighted by molar-refractivity contribution is -0.149. The summed E-state index contributed by atoms with van der Waals surface area (Å²) in [5, 5.41) is 27.8. The second-order valence-corrected chi connectivity index (χ2v) is 11.4. The van der Waals surface area contributed by atoms with Crippen LogP contribution in [0.15, 0.2) is 60.7 Å². The number of amides is 2. The van der Waals surface area contributed by atoms with Gasteiger partial charge in [-0.2, -0.15) is 0 Å². The first kappa shape index (κ1) is 27.9. The fraction of sp³-hybridized carbons (Fsp3) is 0.533. The Morgan fingerprint density at radius 3 is 1.42 bits per heavy atom. The highest BCUT2D eigenvalue weighted by Crippen LogP contribution is 2.38. The Labute approximate surface area is 215 Å². The fourth-order valence-electron chi connectivity index (χ4n) is 4.96. The van der Waals surface area contributed by atoms with Gasteiger partial charge in [-0.3, -0.25) is 9.59 Å². The normalized spacial score (nSPS) is 17.6. The van der Waals surface area contributed by atoms with Gasteiger partial charge in [0.05, 0.1) is 23.3 Å². The van der Waals surface area contributed by atoms with E-state index in [2.05, 4.69) is 10.6 Å². The zero-order chi connectivity index (χ0) is 26.4. The second-order valence-electron chi connectivity index (χ2n) is 11.4. The highest BCUT2D eigenvalue weighted by molar-refractivity contribution is 6.05. The third kappa shape index (κ3) is 7.17. The summed E-state index contributed by atoms with van der Waals surface area (Å²) in [6, 6.07) is 18.3. The van der Waals surface area contributed by atoms with E-state index in [0.29, 0.717) is 25.7 Å². The van der Waals surface area contributed by atoms with Gasteiger partial charge in [0.2, 0.25) is 11.8 Å². The molecule has 0 bridgehead atoms. The summed E-state index contributed by atoms with van der Waals surface area (Å²) >= 11 is 0. The molecule has 6 nitrogen and oxygen atoms in total. The average molecular weight is 495 g/mol. The lowest BCUT2D eigenvalue weighted by atomic mass is 9.71. The first-order valence-corrected chi connectivity index (χ1v) is 13.1. The molecule has 0 heterocycles. The van der Waals surface area contributed by atoms with E-state index in [1.807, 2.05) is 60.7 Å². The van der Waals surface area contributed by atoms with Crippen LogP contribution in [0.25, 0.3) is 0 Å². The van der Waals surface area contributed by atoms with Gasteiger partial charge in [0.15, 0.2) is 0 Å². The highest BCUT2D eigenvalue weighted by Gasteiger charge is 2.49. The van der Waals surface area contributed by atoms with Crippen molar-refractivity contribution in [1.29, 1.82) is 0 Å². The Morgan fingerprint density at radius 2 is 1.08 bits per heavy atom. The molecule has 0 aromatic heterocycles. The van der Waals surface area contributed by atoms with Crippen LogP contribution in [-0.2, 0) is 22.4 Å². The molecule has 4 N–H and O–H groups in total. The Morgan fingerprint density at radius 1 is 0.722 bits per heavy atom. The molecule has 36 heavy (non-hydrogen) atoms. The molecular weight excluding hydrogens is 452 g/mol. The van der Waals surface area contributed by atoms with E-state index < -0.39 is 28.7 Å². The highest BCUT2D eigenvalue weighted by atomic mass is 16.3. The molecule has 2 aromatic carbocycles.